The molecule has 3 rings (SSSR count). The third kappa shape index (κ3) is 2.48. The van der Waals surface area contributed by atoms with Crippen LogP contribution in [0.2, 0.25) is 0 Å². The molecule has 22 heavy (non-hydrogen) atoms. The van der Waals surface area contributed by atoms with Gasteiger partial charge in [-0.15, -0.1) is 0 Å². The third-order valence-corrected chi connectivity index (χ3v) is 4.55. The molecule has 2 aromatic rings. The zero-order valence-electron chi connectivity index (χ0n) is 13.3. The summed E-state index contributed by atoms with van der Waals surface area (Å²) in [6, 6.07) is 4.06. The van der Waals surface area contributed by atoms with Gasteiger partial charge in [0, 0.05) is 13.2 Å². The Kier molecular flexibility index (Phi) is 3.87. The Hall–Kier alpha value is -1.94. The lowest BCUT2D eigenvalue weighted by Gasteiger charge is -2.18. The van der Waals surface area contributed by atoms with Crippen molar-refractivity contribution >= 4 is 5.69 Å². The number of hydrogen-bond donors (Lipinski definition) is 1. The van der Waals surface area contributed by atoms with E-state index in [2.05, 4.69) is 11.4 Å². The second-order valence-corrected chi connectivity index (χ2v) is 6.18. The van der Waals surface area contributed by atoms with Gasteiger partial charge < -0.3 is 10.1 Å². The van der Waals surface area contributed by atoms with Crippen LogP contribution < -0.4 is 16.2 Å². The first-order valence-electron chi connectivity index (χ1n) is 7.76. The average molecular weight is 299 g/mol. The Bertz CT molecular complexity index is 778. The molecular formula is C18H21NO3. The van der Waals surface area contributed by atoms with Gasteiger partial charge >= 0.3 is 0 Å². The van der Waals surface area contributed by atoms with Crippen LogP contribution >= 0.6 is 0 Å². The van der Waals surface area contributed by atoms with Crippen LogP contribution in [-0.2, 0) is 4.74 Å². The molecule has 0 radical (unpaired) electrons. The summed E-state index contributed by atoms with van der Waals surface area (Å²) < 4.78 is 5.55. The number of rotatable bonds is 4. The fourth-order valence-corrected chi connectivity index (χ4v) is 3.07. The lowest BCUT2D eigenvalue weighted by Crippen LogP contribution is -2.38. The lowest BCUT2D eigenvalue weighted by atomic mass is 9.91. The molecule has 4 nitrogen and oxygen atoms in total. The summed E-state index contributed by atoms with van der Waals surface area (Å²) in [6.45, 7) is 7.40. The maximum Gasteiger partial charge on any atom is 0.250 e. The first-order valence-corrected chi connectivity index (χ1v) is 7.76. The quantitative estimate of drug-likeness (QED) is 0.881. The number of aryl methyl sites for hydroxylation is 3. The van der Waals surface area contributed by atoms with Gasteiger partial charge in [-0.1, -0.05) is 12.1 Å². The fourth-order valence-electron chi connectivity index (χ4n) is 3.07. The minimum absolute atomic E-state index is 0.137. The second kappa shape index (κ2) is 5.69. The van der Waals surface area contributed by atoms with Gasteiger partial charge in [-0.05, 0) is 55.9 Å². The summed E-state index contributed by atoms with van der Waals surface area (Å²) in [6.07, 6.45) is 2.19. The van der Waals surface area contributed by atoms with Gasteiger partial charge in [0.25, 0.3) is 0 Å². The minimum Gasteiger partial charge on any atom is -0.379 e. The van der Waals surface area contributed by atoms with Crippen molar-refractivity contribution in [2.24, 2.45) is 0 Å². The number of hydrogen-bond acceptors (Lipinski definition) is 4. The van der Waals surface area contributed by atoms with E-state index < -0.39 is 5.43 Å². The van der Waals surface area contributed by atoms with Gasteiger partial charge in [0.05, 0.1) is 17.4 Å². The van der Waals surface area contributed by atoms with E-state index in [1.54, 1.807) is 0 Å². The Morgan fingerprint density at radius 2 is 1.82 bits per heavy atom. The fraction of sp³-hybridized carbons (Fsp3) is 0.444. The van der Waals surface area contributed by atoms with Crippen LogP contribution in [0.4, 0.5) is 5.69 Å². The molecule has 116 valence electrons. The highest BCUT2D eigenvalue weighted by Gasteiger charge is 2.25. The predicted molar refractivity (Wildman–Crippen MR) is 88.5 cm³/mol. The number of ether oxygens (including phenoxy) is 1. The van der Waals surface area contributed by atoms with E-state index in [1.807, 2.05) is 26.8 Å². The second-order valence-electron chi connectivity index (χ2n) is 6.18. The zero-order valence-corrected chi connectivity index (χ0v) is 13.3. The van der Waals surface area contributed by atoms with Crippen molar-refractivity contribution < 1.29 is 4.74 Å². The van der Waals surface area contributed by atoms with E-state index >= 15 is 0 Å². The van der Waals surface area contributed by atoms with Crippen LogP contribution in [0.5, 0.6) is 0 Å². The van der Waals surface area contributed by atoms with Crippen LogP contribution in [0.1, 0.15) is 29.5 Å². The molecule has 0 spiro atoms. The van der Waals surface area contributed by atoms with Gasteiger partial charge in [-0.3, -0.25) is 9.59 Å². The summed E-state index contributed by atoms with van der Waals surface area (Å²) in [5, 5.41) is 3.14. The van der Waals surface area contributed by atoms with Gasteiger partial charge in [0.15, 0.2) is 0 Å². The summed E-state index contributed by atoms with van der Waals surface area (Å²) in [5.74, 6) is 0. The maximum atomic E-state index is 12.0. The molecule has 0 unspecified atom stereocenters. The molecular weight excluding hydrogens is 278 g/mol. The molecule has 0 bridgehead atoms. The van der Waals surface area contributed by atoms with E-state index in [0.29, 0.717) is 17.8 Å². The number of nitrogens with one attached hydrogen (secondary N) is 1. The third-order valence-electron chi connectivity index (χ3n) is 4.55. The predicted octanol–water partition coefficient (Wildman–Crippen LogP) is 2.47. The molecule has 1 saturated heterocycles. The average Bonchev–Trinajstić information content (AvgIpc) is 3.00. The smallest absolute Gasteiger partial charge is 0.250 e. The highest BCUT2D eigenvalue weighted by molar-refractivity contribution is 5.84. The summed E-state index contributed by atoms with van der Waals surface area (Å²) in [7, 11) is 0. The number of anilines is 1. The van der Waals surface area contributed by atoms with Crippen LogP contribution in [0.25, 0.3) is 11.1 Å². The largest absolute Gasteiger partial charge is 0.379 e. The molecule has 2 aromatic carbocycles. The van der Waals surface area contributed by atoms with E-state index in [0.717, 1.165) is 36.1 Å². The molecule has 0 amide bonds. The SMILES string of the molecule is Cc1cc(C)c(-c2c(NC[C@H]3CCCO3)c(=O)c2=O)cc1C. The highest BCUT2D eigenvalue weighted by Crippen LogP contribution is 2.29. The van der Waals surface area contributed by atoms with Crippen molar-refractivity contribution in [1.29, 1.82) is 0 Å². The first-order chi connectivity index (χ1) is 10.5. The standard InChI is InChI=1S/C18H21NO3/c1-10-7-12(3)14(8-11(10)2)15-16(18(21)17(15)20)19-9-13-5-4-6-22-13/h7-8,13,19H,4-6,9H2,1-3H3/t13-/m1/s1. The van der Waals surface area contributed by atoms with Crippen molar-refractivity contribution in [3.8, 4) is 11.1 Å². The van der Waals surface area contributed by atoms with Crippen molar-refractivity contribution in [1.82, 2.24) is 0 Å². The molecule has 1 aliphatic heterocycles. The molecule has 1 heterocycles. The molecule has 0 aromatic heterocycles. The van der Waals surface area contributed by atoms with Gasteiger partial charge in [0.1, 0.15) is 0 Å². The van der Waals surface area contributed by atoms with Crippen LogP contribution in [0, 0.1) is 20.8 Å². The van der Waals surface area contributed by atoms with Gasteiger partial charge in [-0.2, -0.15) is 0 Å². The van der Waals surface area contributed by atoms with Crippen molar-refractivity contribution in [3.63, 3.8) is 0 Å². The molecule has 0 saturated carbocycles. The maximum absolute atomic E-state index is 12.0. The lowest BCUT2D eigenvalue weighted by molar-refractivity contribution is 0.120. The van der Waals surface area contributed by atoms with E-state index in [1.165, 1.54) is 5.56 Å². The minimum atomic E-state index is -0.411. The Morgan fingerprint density at radius 1 is 1.09 bits per heavy atom. The molecule has 0 aliphatic carbocycles. The monoisotopic (exact) mass is 299 g/mol. The molecule has 4 heteroatoms. The van der Waals surface area contributed by atoms with Crippen molar-refractivity contribution in [3.05, 3.63) is 49.3 Å². The normalized spacial score (nSPS) is 18.0. The van der Waals surface area contributed by atoms with Crippen LogP contribution in [0.15, 0.2) is 21.7 Å². The Labute approximate surface area is 129 Å². The highest BCUT2D eigenvalue weighted by atomic mass is 16.5. The van der Waals surface area contributed by atoms with Crippen molar-refractivity contribution in [2.75, 3.05) is 18.5 Å². The summed E-state index contributed by atoms with van der Waals surface area (Å²) in [4.78, 5) is 23.9. The Balaban J connectivity index is 1.91. The topological polar surface area (TPSA) is 55.4 Å². The van der Waals surface area contributed by atoms with E-state index in [-0.39, 0.29) is 11.5 Å². The Morgan fingerprint density at radius 3 is 2.50 bits per heavy atom. The van der Waals surface area contributed by atoms with E-state index in [4.69, 9.17) is 4.74 Å². The van der Waals surface area contributed by atoms with E-state index in [9.17, 15) is 9.59 Å². The summed E-state index contributed by atoms with van der Waals surface area (Å²) in [5.41, 5.74) is 4.38. The zero-order chi connectivity index (χ0) is 15.9. The molecule has 1 aliphatic rings. The molecule has 1 N–H and O–H groups in total. The molecule has 1 atom stereocenters. The van der Waals surface area contributed by atoms with Crippen LogP contribution in [-0.4, -0.2) is 19.3 Å². The van der Waals surface area contributed by atoms with Gasteiger partial charge in [-0.25, -0.2) is 0 Å². The first kappa shape index (κ1) is 15.0. The van der Waals surface area contributed by atoms with Crippen LogP contribution in [0.3, 0.4) is 0 Å². The number of benzene rings is 1. The van der Waals surface area contributed by atoms with Crippen molar-refractivity contribution in [2.45, 2.75) is 39.7 Å². The van der Waals surface area contributed by atoms with Gasteiger partial charge in [0.2, 0.25) is 10.9 Å². The summed E-state index contributed by atoms with van der Waals surface area (Å²) >= 11 is 0. The molecule has 1 fully saturated rings.